The minimum atomic E-state index is -0.369. The fourth-order valence-corrected chi connectivity index (χ4v) is 3.95. The first-order valence-electron chi connectivity index (χ1n) is 9.74. The average molecular weight is 390 g/mol. The van der Waals surface area contributed by atoms with E-state index < -0.39 is 0 Å². The van der Waals surface area contributed by atoms with Gasteiger partial charge in [0.1, 0.15) is 17.2 Å². The number of methoxy groups -OCH3 is 1. The van der Waals surface area contributed by atoms with E-state index in [0.29, 0.717) is 6.61 Å². The maximum absolute atomic E-state index is 6.44. The van der Waals surface area contributed by atoms with Gasteiger partial charge in [-0.2, -0.15) is 5.10 Å². The molecule has 0 spiro atoms. The molecule has 0 saturated carbocycles. The van der Waals surface area contributed by atoms with Gasteiger partial charge in [-0.3, -0.25) is 0 Å². The topological polar surface area (TPSA) is 56.4 Å². The molecule has 0 saturated heterocycles. The molecule has 0 radical (unpaired) electrons. The highest BCUT2D eigenvalue weighted by atomic mass is 16.5. The van der Waals surface area contributed by atoms with E-state index in [-0.39, 0.29) is 12.3 Å². The molecule has 3 heterocycles. The minimum absolute atomic E-state index is 0.0468. The Morgan fingerprint density at radius 1 is 1.10 bits per heavy atom. The van der Waals surface area contributed by atoms with Gasteiger partial charge in [0.25, 0.3) is 0 Å². The molecule has 0 fully saturated rings. The normalized spacial score (nSPS) is 19.8. The number of hydrazone groups is 1. The molecule has 29 heavy (non-hydrogen) atoms. The van der Waals surface area contributed by atoms with Crippen LogP contribution in [0.25, 0.3) is 0 Å². The number of fused-ring (bicyclic) bond motifs is 3. The summed E-state index contributed by atoms with van der Waals surface area (Å²) in [5, 5.41) is 6.91. The Hall–Kier alpha value is -3.41. The quantitative estimate of drug-likeness (QED) is 0.618. The van der Waals surface area contributed by atoms with Crippen molar-refractivity contribution >= 4 is 5.71 Å². The van der Waals surface area contributed by atoms with Crippen LogP contribution in [0.3, 0.4) is 0 Å². The highest BCUT2D eigenvalue weighted by Crippen LogP contribution is 2.50. The molecule has 1 aromatic heterocycles. The third-order valence-corrected chi connectivity index (χ3v) is 5.28. The van der Waals surface area contributed by atoms with E-state index in [1.165, 1.54) is 0 Å². The summed E-state index contributed by atoms with van der Waals surface area (Å²) in [5.74, 6) is 3.12. The molecular weight excluding hydrogens is 368 g/mol. The predicted molar refractivity (Wildman–Crippen MR) is 108 cm³/mol. The number of rotatable bonds is 5. The zero-order valence-corrected chi connectivity index (χ0v) is 16.4. The molecule has 2 atom stereocenters. The molecular formula is C23H22N2O4. The molecule has 6 nitrogen and oxygen atoms in total. The van der Waals surface area contributed by atoms with Gasteiger partial charge in [-0.15, -0.1) is 0 Å². The van der Waals surface area contributed by atoms with E-state index in [1.54, 1.807) is 13.4 Å². The second-order valence-corrected chi connectivity index (χ2v) is 6.97. The van der Waals surface area contributed by atoms with Crippen LogP contribution in [0.5, 0.6) is 17.2 Å². The SMILES string of the molecule is CCOc1ccc(C2Oc3c(OC)cccc3C3CC(c4ccco4)=NN32)cc1. The Kier molecular flexibility index (Phi) is 4.39. The molecule has 0 bridgehead atoms. The van der Waals surface area contributed by atoms with Crippen LogP contribution in [0, 0.1) is 0 Å². The fraction of sp³-hybridized carbons (Fsp3) is 0.261. The van der Waals surface area contributed by atoms with Gasteiger partial charge in [0.2, 0.25) is 6.23 Å². The van der Waals surface area contributed by atoms with Gasteiger partial charge in [0, 0.05) is 17.5 Å². The van der Waals surface area contributed by atoms with Crippen LogP contribution in [0.4, 0.5) is 0 Å². The Labute approximate surface area is 169 Å². The highest BCUT2D eigenvalue weighted by Gasteiger charge is 2.42. The summed E-state index contributed by atoms with van der Waals surface area (Å²) in [4.78, 5) is 0. The van der Waals surface area contributed by atoms with Crippen molar-refractivity contribution in [1.29, 1.82) is 0 Å². The summed E-state index contributed by atoms with van der Waals surface area (Å²) in [6.45, 7) is 2.61. The van der Waals surface area contributed by atoms with Crippen LogP contribution in [-0.2, 0) is 0 Å². The Bertz CT molecular complexity index is 1030. The lowest BCUT2D eigenvalue weighted by molar-refractivity contribution is -0.0209. The Morgan fingerprint density at radius 2 is 1.97 bits per heavy atom. The summed E-state index contributed by atoms with van der Waals surface area (Å²) in [7, 11) is 1.66. The summed E-state index contributed by atoms with van der Waals surface area (Å²) in [6.07, 6.45) is 2.05. The van der Waals surface area contributed by atoms with Crippen LogP contribution in [0.2, 0.25) is 0 Å². The molecule has 5 rings (SSSR count). The monoisotopic (exact) mass is 390 g/mol. The second-order valence-electron chi connectivity index (χ2n) is 6.97. The van der Waals surface area contributed by atoms with Crippen LogP contribution in [0.1, 0.15) is 42.5 Å². The molecule has 0 aliphatic carbocycles. The van der Waals surface area contributed by atoms with Crippen molar-refractivity contribution in [2.24, 2.45) is 5.10 Å². The van der Waals surface area contributed by atoms with E-state index in [0.717, 1.165) is 46.3 Å². The lowest BCUT2D eigenvalue weighted by atomic mass is 9.97. The first kappa shape index (κ1) is 17.7. The number of nitrogens with zero attached hydrogens (tertiary/aromatic N) is 2. The van der Waals surface area contributed by atoms with E-state index in [1.807, 2.05) is 60.5 Å². The van der Waals surface area contributed by atoms with E-state index in [9.17, 15) is 0 Å². The van der Waals surface area contributed by atoms with Gasteiger partial charge in [0.15, 0.2) is 11.5 Å². The molecule has 6 heteroatoms. The lowest BCUT2D eigenvalue weighted by Crippen LogP contribution is -2.33. The molecule has 2 aromatic carbocycles. The molecule has 2 unspecified atom stereocenters. The number of benzene rings is 2. The van der Waals surface area contributed by atoms with E-state index in [2.05, 4.69) is 6.07 Å². The van der Waals surface area contributed by atoms with E-state index >= 15 is 0 Å². The zero-order chi connectivity index (χ0) is 19.8. The summed E-state index contributed by atoms with van der Waals surface area (Å²) in [6, 6.07) is 17.8. The first-order valence-corrected chi connectivity index (χ1v) is 9.74. The molecule has 3 aromatic rings. The van der Waals surface area contributed by atoms with Crippen molar-refractivity contribution in [3.63, 3.8) is 0 Å². The second kappa shape index (κ2) is 7.20. The third-order valence-electron chi connectivity index (χ3n) is 5.28. The maximum atomic E-state index is 6.44. The highest BCUT2D eigenvalue weighted by molar-refractivity contribution is 5.99. The molecule has 0 N–H and O–H groups in total. The summed E-state index contributed by atoms with van der Waals surface area (Å²) >= 11 is 0. The number of hydrogen-bond donors (Lipinski definition) is 0. The maximum Gasteiger partial charge on any atom is 0.214 e. The van der Waals surface area contributed by atoms with Gasteiger partial charge in [-0.05, 0) is 49.4 Å². The van der Waals surface area contributed by atoms with Gasteiger partial charge in [-0.25, -0.2) is 5.01 Å². The van der Waals surface area contributed by atoms with Gasteiger partial charge < -0.3 is 18.6 Å². The van der Waals surface area contributed by atoms with Crippen LogP contribution >= 0.6 is 0 Å². The van der Waals surface area contributed by atoms with Gasteiger partial charge >= 0.3 is 0 Å². The third kappa shape index (κ3) is 3.01. The fourth-order valence-electron chi connectivity index (χ4n) is 3.95. The van der Waals surface area contributed by atoms with Crippen molar-refractivity contribution in [1.82, 2.24) is 5.01 Å². The largest absolute Gasteiger partial charge is 0.494 e. The number of ether oxygens (including phenoxy) is 3. The van der Waals surface area contributed by atoms with E-state index in [4.69, 9.17) is 23.7 Å². The minimum Gasteiger partial charge on any atom is -0.494 e. The molecule has 148 valence electrons. The summed E-state index contributed by atoms with van der Waals surface area (Å²) in [5.41, 5.74) is 2.98. The van der Waals surface area contributed by atoms with Gasteiger partial charge in [0.05, 0.1) is 26.0 Å². The van der Waals surface area contributed by atoms with Crippen molar-refractivity contribution in [3.8, 4) is 17.2 Å². The summed E-state index contributed by atoms with van der Waals surface area (Å²) < 4.78 is 23.2. The Morgan fingerprint density at radius 3 is 2.69 bits per heavy atom. The van der Waals surface area contributed by atoms with Crippen LogP contribution in [0.15, 0.2) is 70.4 Å². The number of hydrogen-bond acceptors (Lipinski definition) is 6. The zero-order valence-electron chi connectivity index (χ0n) is 16.4. The van der Waals surface area contributed by atoms with Crippen molar-refractivity contribution in [2.75, 3.05) is 13.7 Å². The predicted octanol–water partition coefficient (Wildman–Crippen LogP) is 4.93. The molecule has 2 aliphatic heterocycles. The molecule has 2 aliphatic rings. The Balaban J connectivity index is 1.57. The van der Waals surface area contributed by atoms with Crippen molar-refractivity contribution in [2.45, 2.75) is 25.6 Å². The van der Waals surface area contributed by atoms with Crippen LogP contribution < -0.4 is 14.2 Å². The smallest absolute Gasteiger partial charge is 0.214 e. The number of furan rings is 1. The van der Waals surface area contributed by atoms with Crippen molar-refractivity contribution in [3.05, 3.63) is 77.7 Å². The standard InChI is InChI=1S/C23H22N2O4/c1-3-27-16-11-9-15(10-12-16)23-25-19(14-18(24-25)20-8-5-13-28-20)17-6-4-7-21(26-2)22(17)29-23/h4-13,19,23H,3,14H2,1-2H3. The van der Waals surface area contributed by atoms with Crippen molar-refractivity contribution < 1.29 is 18.6 Å². The van der Waals surface area contributed by atoms with Crippen LogP contribution in [-0.4, -0.2) is 24.4 Å². The first-order chi connectivity index (χ1) is 14.3. The number of para-hydroxylation sites is 1. The average Bonchev–Trinajstić information content (AvgIpc) is 3.43. The molecule has 0 amide bonds. The van der Waals surface area contributed by atoms with Gasteiger partial charge in [-0.1, -0.05) is 12.1 Å². The lowest BCUT2D eigenvalue weighted by Gasteiger charge is -2.38.